The molecule has 0 atom stereocenters. The molecule has 120 valence electrons. The first-order valence-electron chi connectivity index (χ1n) is 7.20. The fraction of sp³-hybridized carbons (Fsp3) is 0. The van der Waals surface area contributed by atoms with Crippen LogP contribution >= 0.6 is 23.2 Å². The Balaban J connectivity index is 1.96. The molecule has 0 bridgehead atoms. The van der Waals surface area contributed by atoms with Crippen LogP contribution < -0.4 is 5.32 Å². The molecule has 3 nitrogen and oxygen atoms in total. The lowest BCUT2D eigenvalue weighted by molar-refractivity contribution is -0.111. The molecule has 0 spiro atoms. The zero-order chi connectivity index (χ0) is 16.9. The molecule has 5 heteroatoms. The van der Waals surface area contributed by atoms with Crippen molar-refractivity contribution in [1.29, 1.82) is 0 Å². The lowest BCUT2D eigenvalue weighted by atomic mass is 10.0. The van der Waals surface area contributed by atoms with Gasteiger partial charge < -0.3 is 9.73 Å². The molecule has 24 heavy (non-hydrogen) atoms. The minimum atomic E-state index is -0.304. The fourth-order valence-electron chi connectivity index (χ4n) is 2.20. The van der Waals surface area contributed by atoms with E-state index in [4.69, 9.17) is 27.6 Å². The zero-order valence-corrected chi connectivity index (χ0v) is 14.0. The van der Waals surface area contributed by atoms with E-state index in [0.717, 1.165) is 5.56 Å². The molecule has 0 fully saturated rings. The lowest BCUT2D eigenvalue weighted by Gasteiger charge is -2.11. The molecule has 0 aliphatic carbocycles. The molecule has 1 N–H and O–H groups in total. The topological polar surface area (TPSA) is 42.2 Å². The highest BCUT2D eigenvalue weighted by Gasteiger charge is 2.14. The molecule has 1 amide bonds. The van der Waals surface area contributed by atoms with E-state index in [1.807, 2.05) is 30.3 Å². The summed E-state index contributed by atoms with van der Waals surface area (Å²) in [5.74, 6) is 0.281. The minimum Gasteiger partial charge on any atom is -0.465 e. The van der Waals surface area contributed by atoms with E-state index in [-0.39, 0.29) is 5.91 Å². The van der Waals surface area contributed by atoms with Gasteiger partial charge in [-0.05, 0) is 42.0 Å². The van der Waals surface area contributed by atoms with Crippen LogP contribution in [0, 0.1) is 0 Å². The van der Waals surface area contributed by atoms with E-state index in [1.165, 1.54) is 0 Å². The number of anilines is 1. The van der Waals surface area contributed by atoms with Crippen LogP contribution in [0.5, 0.6) is 0 Å². The van der Waals surface area contributed by atoms with E-state index >= 15 is 0 Å². The third kappa shape index (κ3) is 3.88. The average molecular weight is 358 g/mol. The van der Waals surface area contributed by atoms with Gasteiger partial charge in [-0.2, -0.15) is 0 Å². The number of amides is 1. The van der Waals surface area contributed by atoms with Crippen LogP contribution in [0.4, 0.5) is 5.69 Å². The molecule has 1 heterocycles. The number of carbonyl (C=O) groups is 1. The van der Waals surface area contributed by atoms with Crippen molar-refractivity contribution < 1.29 is 9.21 Å². The van der Waals surface area contributed by atoms with Crippen LogP contribution in [-0.4, -0.2) is 5.91 Å². The standard InChI is InChI=1S/C19H13Cl2NO2/c20-14-8-9-17(21)18(11-14)22-19(23)16(12-15-7-4-10-24-15)13-5-2-1-3-6-13/h1-12H,(H,22,23)/b16-12+. The first-order chi connectivity index (χ1) is 11.6. The predicted molar refractivity (Wildman–Crippen MR) is 98.1 cm³/mol. The maximum atomic E-state index is 12.8. The highest BCUT2D eigenvalue weighted by molar-refractivity contribution is 6.37. The van der Waals surface area contributed by atoms with Crippen LogP contribution in [0.15, 0.2) is 71.3 Å². The normalized spacial score (nSPS) is 11.3. The van der Waals surface area contributed by atoms with Gasteiger partial charge in [-0.3, -0.25) is 4.79 Å². The van der Waals surface area contributed by atoms with Gasteiger partial charge in [-0.15, -0.1) is 0 Å². The van der Waals surface area contributed by atoms with Crippen molar-refractivity contribution >= 4 is 46.4 Å². The Bertz CT molecular complexity index is 872. The molecule has 0 saturated heterocycles. The molecular formula is C19H13Cl2NO2. The van der Waals surface area contributed by atoms with Crippen molar-refractivity contribution in [2.75, 3.05) is 5.32 Å². The second-order valence-electron chi connectivity index (χ2n) is 5.02. The highest BCUT2D eigenvalue weighted by Crippen LogP contribution is 2.27. The van der Waals surface area contributed by atoms with Gasteiger partial charge in [0.2, 0.25) is 0 Å². The molecule has 1 aromatic heterocycles. The van der Waals surface area contributed by atoms with Crippen LogP contribution in [0.25, 0.3) is 11.6 Å². The molecule has 0 saturated carbocycles. The number of furan rings is 1. The largest absolute Gasteiger partial charge is 0.465 e. The lowest BCUT2D eigenvalue weighted by Crippen LogP contribution is -2.14. The third-order valence-electron chi connectivity index (χ3n) is 3.34. The summed E-state index contributed by atoms with van der Waals surface area (Å²) in [4.78, 5) is 12.8. The van der Waals surface area contributed by atoms with E-state index in [1.54, 1.807) is 42.7 Å². The van der Waals surface area contributed by atoms with Crippen molar-refractivity contribution in [3.8, 4) is 0 Å². The number of benzene rings is 2. The van der Waals surface area contributed by atoms with Crippen molar-refractivity contribution in [2.24, 2.45) is 0 Å². The van der Waals surface area contributed by atoms with Gasteiger partial charge in [-0.25, -0.2) is 0 Å². The number of rotatable bonds is 4. The number of hydrogen-bond acceptors (Lipinski definition) is 2. The van der Waals surface area contributed by atoms with E-state index in [2.05, 4.69) is 5.32 Å². The number of hydrogen-bond donors (Lipinski definition) is 1. The van der Waals surface area contributed by atoms with E-state index in [9.17, 15) is 4.79 Å². The summed E-state index contributed by atoms with van der Waals surface area (Å²) in [5, 5.41) is 3.70. The minimum absolute atomic E-state index is 0.304. The summed E-state index contributed by atoms with van der Waals surface area (Å²) in [6.45, 7) is 0. The fourth-order valence-corrected chi connectivity index (χ4v) is 2.53. The molecule has 3 rings (SSSR count). The highest BCUT2D eigenvalue weighted by atomic mass is 35.5. The Morgan fingerprint density at radius 2 is 1.79 bits per heavy atom. The summed E-state index contributed by atoms with van der Waals surface area (Å²) in [6.07, 6.45) is 3.24. The van der Waals surface area contributed by atoms with Gasteiger partial charge in [0.25, 0.3) is 5.91 Å². The summed E-state index contributed by atoms with van der Waals surface area (Å²) in [5.41, 5.74) is 1.68. The molecule has 0 aliphatic heterocycles. The van der Waals surface area contributed by atoms with Crippen LogP contribution in [0.1, 0.15) is 11.3 Å². The predicted octanol–water partition coefficient (Wildman–Crippen LogP) is 5.77. The van der Waals surface area contributed by atoms with Crippen molar-refractivity contribution in [3.05, 3.63) is 88.3 Å². The summed E-state index contributed by atoms with van der Waals surface area (Å²) >= 11 is 12.1. The first kappa shape index (κ1) is 16.4. The van der Waals surface area contributed by atoms with Gasteiger partial charge in [0.1, 0.15) is 5.76 Å². The second kappa shape index (κ2) is 7.39. The Kier molecular flexibility index (Phi) is 5.04. The summed E-state index contributed by atoms with van der Waals surface area (Å²) in [7, 11) is 0. The SMILES string of the molecule is O=C(Nc1cc(Cl)ccc1Cl)/C(=C/c1ccco1)c1ccccc1. The zero-order valence-electron chi connectivity index (χ0n) is 12.5. The Hall–Kier alpha value is -2.49. The van der Waals surface area contributed by atoms with Crippen molar-refractivity contribution in [2.45, 2.75) is 0 Å². The van der Waals surface area contributed by atoms with Gasteiger partial charge in [-0.1, -0.05) is 53.5 Å². The maximum Gasteiger partial charge on any atom is 0.256 e. The van der Waals surface area contributed by atoms with Gasteiger partial charge in [0.05, 0.1) is 22.5 Å². The first-order valence-corrected chi connectivity index (χ1v) is 7.96. The Morgan fingerprint density at radius 1 is 1.00 bits per heavy atom. The molecule has 3 aromatic rings. The van der Waals surface area contributed by atoms with Crippen molar-refractivity contribution in [1.82, 2.24) is 0 Å². The molecule has 2 aromatic carbocycles. The van der Waals surface area contributed by atoms with Crippen LogP contribution in [0.3, 0.4) is 0 Å². The Labute approximate surface area is 149 Å². The monoisotopic (exact) mass is 357 g/mol. The van der Waals surface area contributed by atoms with E-state index < -0.39 is 0 Å². The van der Waals surface area contributed by atoms with Crippen LogP contribution in [-0.2, 0) is 4.79 Å². The maximum absolute atomic E-state index is 12.8. The Morgan fingerprint density at radius 3 is 2.50 bits per heavy atom. The summed E-state index contributed by atoms with van der Waals surface area (Å²) in [6, 6.07) is 17.8. The third-order valence-corrected chi connectivity index (χ3v) is 3.90. The molecule has 0 aliphatic rings. The van der Waals surface area contributed by atoms with Crippen molar-refractivity contribution in [3.63, 3.8) is 0 Å². The smallest absolute Gasteiger partial charge is 0.256 e. The van der Waals surface area contributed by atoms with Gasteiger partial charge in [0.15, 0.2) is 0 Å². The molecule has 0 unspecified atom stereocenters. The van der Waals surface area contributed by atoms with E-state index in [0.29, 0.717) is 27.1 Å². The molecule has 0 radical (unpaired) electrons. The second-order valence-corrected chi connectivity index (χ2v) is 5.86. The average Bonchev–Trinajstić information content (AvgIpc) is 3.10. The van der Waals surface area contributed by atoms with Crippen LogP contribution in [0.2, 0.25) is 10.0 Å². The quantitative estimate of drug-likeness (QED) is 0.602. The van der Waals surface area contributed by atoms with Gasteiger partial charge >= 0.3 is 0 Å². The van der Waals surface area contributed by atoms with Gasteiger partial charge in [0, 0.05) is 5.02 Å². The molecular weight excluding hydrogens is 345 g/mol. The number of halogens is 2. The summed E-state index contributed by atoms with van der Waals surface area (Å²) < 4.78 is 5.33. The number of nitrogens with one attached hydrogen (secondary N) is 1. The number of carbonyl (C=O) groups excluding carboxylic acids is 1.